The number of amides is 1. The van der Waals surface area contributed by atoms with Crippen LogP contribution in [0.5, 0.6) is 11.5 Å². The number of benzene rings is 3. The van der Waals surface area contributed by atoms with Crippen molar-refractivity contribution in [3.05, 3.63) is 89.7 Å². The van der Waals surface area contributed by atoms with Crippen molar-refractivity contribution in [3.8, 4) is 11.5 Å². The predicted octanol–water partition coefficient (Wildman–Crippen LogP) is 6.36. The van der Waals surface area contributed by atoms with Crippen molar-refractivity contribution in [2.75, 3.05) is 20.3 Å². The van der Waals surface area contributed by atoms with Gasteiger partial charge >= 0.3 is 0 Å². The SMILES string of the molecule is COc1ccccc1OCCCCn1c(CCCCCNC(=O)c2ccc(C)cc2)nc2ccccc21. The Morgan fingerprint density at radius 1 is 0.865 bits per heavy atom. The van der Waals surface area contributed by atoms with Gasteiger partial charge in [0.15, 0.2) is 11.5 Å². The Hall–Kier alpha value is -3.80. The highest BCUT2D eigenvalue weighted by Crippen LogP contribution is 2.26. The van der Waals surface area contributed by atoms with Crippen molar-refractivity contribution >= 4 is 16.9 Å². The van der Waals surface area contributed by atoms with Crippen LogP contribution in [0.3, 0.4) is 0 Å². The molecule has 6 nitrogen and oxygen atoms in total. The van der Waals surface area contributed by atoms with Crippen LogP contribution in [0.15, 0.2) is 72.8 Å². The molecule has 37 heavy (non-hydrogen) atoms. The van der Waals surface area contributed by atoms with E-state index in [4.69, 9.17) is 14.5 Å². The molecular formula is C31H37N3O3. The summed E-state index contributed by atoms with van der Waals surface area (Å²) in [5, 5.41) is 3.03. The zero-order chi connectivity index (χ0) is 25.9. The number of carbonyl (C=O) groups excluding carboxylic acids is 1. The summed E-state index contributed by atoms with van der Waals surface area (Å²) in [6.45, 7) is 4.28. The van der Waals surface area contributed by atoms with Gasteiger partial charge in [0.2, 0.25) is 0 Å². The highest BCUT2D eigenvalue weighted by molar-refractivity contribution is 5.94. The van der Waals surface area contributed by atoms with E-state index in [0.29, 0.717) is 18.7 Å². The number of hydrogen-bond acceptors (Lipinski definition) is 4. The summed E-state index contributed by atoms with van der Waals surface area (Å²) in [6.07, 6.45) is 5.93. The van der Waals surface area contributed by atoms with E-state index < -0.39 is 0 Å². The first-order valence-corrected chi connectivity index (χ1v) is 13.2. The summed E-state index contributed by atoms with van der Waals surface area (Å²) in [6, 6.07) is 23.8. The van der Waals surface area contributed by atoms with Crippen LogP contribution in [0.25, 0.3) is 11.0 Å². The van der Waals surface area contributed by atoms with Crippen LogP contribution >= 0.6 is 0 Å². The molecule has 0 unspecified atom stereocenters. The molecule has 0 saturated carbocycles. The molecule has 0 spiro atoms. The van der Waals surface area contributed by atoms with E-state index in [-0.39, 0.29) is 5.91 Å². The largest absolute Gasteiger partial charge is 0.493 e. The van der Waals surface area contributed by atoms with Gasteiger partial charge in [-0.1, -0.05) is 48.4 Å². The summed E-state index contributed by atoms with van der Waals surface area (Å²) in [5.41, 5.74) is 4.11. The molecule has 0 fully saturated rings. The van der Waals surface area contributed by atoms with Gasteiger partial charge in [0, 0.05) is 25.1 Å². The molecule has 194 valence electrons. The highest BCUT2D eigenvalue weighted by Gasteiger charge is 2.11. The van der Waals surface area contributed by atoms with Crippen LogP contribution in [-0.4, -0.2) is 35.7 Å². The van der Waals surface area contributed by atoms with Crippen molar-refractivity contribution < 1.29 is 14.3 Å². The predicted molar refractivity (Wildman–Crippen MR) is 149 cm³/mol. The maximum absolute atomic E-state index is 12.3. The second-order valence-electron chi connectivity index (χ2n) is 9.31. The van der Waals surface area contributed by atoms with E-state index in [2.05, 4.69) is 28.1 Å². The van der Waals surface area contributed by atoms with Gasteiger partial charge < -0.3 is 19.4 Å². The number of aromatic nitrogens is 2. The van der Waals surface area contributed by atoms with E-state index in [9.17, 15) is 4.79 Å². The van der Waals surface area contributed by atoms with Crippen molar-refractivity contribution in [1.82, 2.24) is 14.9 Å². The number of carbonyl (C=O) groups is 1. The number of imidazole rings is 1. The molecule has 0 aliphatic heterocycles. The summed E-state index contributed by atoms with van der Waals surface area (Å²) < 4.78 is 13.7. The van der Waals surface area contributed by atoms with Crippen LogP contribution < -0.4 is 14.8 Å². The van der Waals surface area contributed by atoms with E-state index in [1.807, 2.05) is 61.5 Å². The van der Waals surface area contributed by atoms with E-state index in [0.717, 1.165) is 73.5 Å². The number of nitrogens with zero attached hydrogens (tertiary/aromatic N) is 2. The van der Waals surface area contributed by atoms with Gasteiger partial charge in [-0.05, 0) is 69.0 Å². The first-order chi connectivity index (χ1) is 18.2. The molecule has 6 heteroatoms. The third-order valence-electron chi connectivity index (χ3n) is 6.51. The second-order valence-corrected chi connectivity index (χ2v) is 9.31. The summed E-state index contributed by atoms with van der Waals surface area (Å²) in [5.74, 6) is 2.68. The normalized spacial score (nSPS) is 11.0. The fourth-order valence-electron chi connectivity index (χ4n) is 4.45. The topological polar surface area (TPSA) is 65.4 Å². The maximum atomic E-state index is 12.3. The Kier molecular flexibility index (Phi) is 9.58. The van der Waals surface area contributed by atoms with Gasteiger partial charge in [-0.15, -0.1) is 0 Å². The number of hydrogen-bond donors (Lipinski definition) is 1. The number of aryl methyl sites for hydroxylation is 3. The lowest BCUT2D eigenvalue weighted by molar-refractivity contribution is 0.0953. The molecule has 1 heterocycles. The highest BCUT2D eigenvalue weighted by atomic mass is 16.5. The van der Waals surface area contributed by atoms with Gasteiger partial charge in [0.25, 0.3) is 5.91 Å². The summed E-state index contributed by atoms with van der Waals surface area (Å²) in [7, 11) is 1.66. The zero-order valence-electron chi connectivity index (χ0n) is 21.9. The fraction of sp³-hybridized carbons (Fsp3) is 0.355. The van der Waals surface area contributed by atoms with E-state index in [1.165, 1.54) is 5.52 Å². The molecule has 0 radical (unpaired) electrons. The van der Waals surface area contributed by atoms with Gasteiger partial charge in [0.05, 0.1) is 24.8 Å². The Bertz CT molecular complexity index is 1280. The number of nitrogens with one attached hydrogen (secondary N) is 1. The number of rotatable bonds is 14. The van der Waals surface area contributed by atoms with E-state index >= 15 is 0 Å². The van der Waals surface area contributed by atoms with Crippen LogP contribution in [0.4, 0.5) is 0 Å². The quantitative estimate of drug-likeness (QED) is 0.205. The van der Waals surface area contributed by atoms with Gasteiger partial charge in [-0.2, -0.15) is 0 Å². The smallest absolute Gasteiger partial charge is 0.251 e. The molecule has 3 aromatic carbocycles. The first kappa shape index (κ1) is 26.3. The molecular weight excluding hydrogens is 462 g/mol. The molecule has 0 saturated heterocycles. The lowest BCUT2D eigenvalue weighted by Gasteiger charge is -2.12. The Morgan fingerprint density at radius 3 is 2.43 bits per heavy atom. The molecule has 1 amide bonds. The number of methoxy groups -OCH3 is 1. The third kappa shape index (κ3) is 7.35. The maximum Gasteiger partial charge on any atom is 0.251 e. The van der Waals surface area contributed by atoms with Gasteiger partial charge in [-0.25, -0.2) is 4.98 Å². The van der Waals surface area contributed by atoms with E-state index in [1.54, 1.807) is 7.11 Å². The second kappa shape index (κ2) is 13.5. The summed E-state index contributed by atoms with van der Waals surface area (Å²) in [4.78, 5) is 17.2. The lowest BCUT2D eigenvalue weighted by atomic mass is 10.1. The van der Waals surface area contributed by atoms with Crippen LogP contribution in [0.1, 0.15) is 53.8 Å². The Balaban J connectivity index is 1.22. The first-order valence-electron chi connectivity index (χ1n) is 13.2. The van der Waals surface area contributed by atoms with Crippen molar-refractivity contribution in [2.45, 2.75) is 52.0 Å². The number of ether oxygens (including phenoxy) is 2. The number of fused-ring (bicyclic) bond motifs is 1. The molecule has 0 aliphatic rings. The molecule has 1 N–H and O–H groups in total. The monoisotopic (exact) mass is 499 g/mol. The van der Waals surface area contributed by atoms with Crippen molar-refractivity contribution in [3.63, 3.8) is 0 Å². The molecule has 0 bridgehead atoms. The molecule has 0 aliphatic carbocycles. The minimum absolute atomic E-state index is 0.00326. The number of unbranched alkanes of at least 4 members (excludes halogenated alkanes) is 3. The molecule has 0 atom stereocenters. The number of para-hydroxylation sites is 4. The average Bonchev–Trinajstić information content (AvgIpc) is 3.28. The van der Waals surface area contributed by atoms with Crippen molar-refractivity contribution in [1.29, 1.82) is 0 Å². The Morgan fingerprint density at radius 2 is 1.62 bits per heavy atom. The van der Waals surface area contributed by atoms with Gasteiger partial charge in [-0.3, -0.25) is 4.79 Å². The Labute approximate surface area is 219 Å². The lowest BCUT2D eigenvalue weighted by Crippen LogP contribution is -2.24. The van der Waals surface area contributed by atoms with Crippen LogP contribution in [0.2, 0.25) is 0 Å². The minimum atomic E-state index is -0.00326. The standard InChI is InChI=1S/C31H37N3O3/c1-24-17-19-25(20-18-24)31(35)32-21-9-3-4-16-30-33-26-12-5-6-13-27(26)34(30)22-10-11-23-37-29-15-8-7-14-28(29)36-2/h5-8,12-15,17-20H,3-4,9-11,16,21-23H2,1-2H3,(H,32,35). The zero-order valence-corrected chi connectivity index (χ0v) is 21.9. The molecule has 1 aromatic heterocycles. The summed E-state index contributed by atoms with van der Waals surface area (Å²) >= 11 is 0. The van der Waals surface area contributed by atoms with Gasteiger partial charge in [0.1, 0.15) is 5.82 Å². The third-order valence-corrected chi connectivity index (χ3v) is 6.51. The molecule has 4 rings (SSSR count). The van der Waals surface area contributed by atoms with Crippen molar-refractivity contribution in [2.24, 2.45) is 0 Å². The van der Waals surface area contributed by atoms with Crippen LogP contribution in [-0.2, 0) is 13.0 Å². The minimum Gasteiger partial charge on any atom is -0.493 e. The van der Waals surface area contributed by atoms with Crippen LogP contribution in [0, 0.1) is 6.92 Å². The molecule has 4 aromatic rings. The fourth-order valence-corrected chi connectivity index (χ4v) is 4.45. The average molecular weight is 500 g/mol.